The Balaban J connectivity index is 5.14. The van der Waals surface area contributed by atoms with Crippen molar-refractivity contribution in [2.75, 3.05) is 39.6 Å². The van der Waals surface area contributed by atoms with Crippen molar-refractivity contribution >= 4 is 39.5 Å². The fourth-order valence-corrected chi connectivity index (χ4v) is 11.7. The van der Waals surface area contributed by atoms with Gasteiger partial charge in [-0.3, -0.25) is 37.3 Å². The van der Waals surface area contributed by atoms with Crippen LogP contribution in [-0.4, -0.2) is 96.7 Å². The van der Waals surface area contributed by atoms with E-state index in [1.807, 2.05) is 0 Å². The Bertz CT molecular complexity index is 1650. The number of hydrogen-bond acceptors (Lipinski definition) is 15. The smallest absolute Gasteiger partial charge is 0.462 e. The van der Waals surface area contributed by atoms with Crippen molar-refractivity contribution in [3.63, 3.8) is 0 Å². The van der Waals surface area contributed by atoms with E-state index in [2.05, 4.69) is 27.7 Å². The van der Waals surface area contributed by atoms with Crippen molar-refractivity contribution in [2.24, 2.45) is 0 Å². The molecule has 86 heavy (non-hydrogen) atoms. The average Bonchev–Trinajstić information content (AvgIpc) is 3.67. The molecule has 0 aromatic heterocycles. The lowest BCUT2D eigenvalue weighted by Gasteiger charge is -2.21. The summed E-state index contributed by atoms with van der Waals surface area (Å²) in [5.74, 6) is -2.13. The number of carbonyl (C=O) groups is 4. The fraction of sp³-hybridized carbons (Fsp3) is 0.940. The van der Waals surface area contributed by atoms with Gasteiger partial charge < -0.3 is 33.8 Å². The maximum atomic E-state index is 13.0. The molecule has 17 nitrogen and oxygen atoms in total. The van der Waals surface area contributed by atoms with Crippen LogP contribution in [0.25, 0.3) is 0 Å². The Morgan fingerprint density at radius 2 is 0.465 bits per heavy atom. The van der Waals surface area contributed by atoms with E-state index >= 15 is 0 Å². The van der Waals surface area contributed by atoms with Crippen LogP contribution in [0.2, 0.25) is 0 Å². The first-order valence-corrected chi connectivity index (χ1v) is 38.3. The number of phosphoric ester groups is 2. The van der Waals surface area contributed by atoms with Gasteiger partial charge in [-0.1, -0.05) is 297 Å². The highest BCUT2D eigenvalue weighted by atomic mass is 31.2. The van der Waals surface area contributed by atoms with Crippen LogP contribution in [0.5, 0.6) is 0 Å². The average molecular weight is 1270 g/mol. The van der Waals surface area contributed by atoms with E-state index in [4.69, 9.17) is 37.0 Å². The number of phosphoric acid groups is 2. The second-order valence-corrected chi connectivity index (χ2v) is 27.1. The molecular formula is C67H130O17P2. The van der Waals surface area contributed by atoms with Gasteiger partial charge in [0, 0.05) is 25.7 Å². The Hall–Kier alpha value is -1.94. The molecule has 3 N–H and O–H groups in total. The topological polar surface area (TPSA) is 237 Å². The third kappa shape index (κ3) is 60.9. The Morgan fingerprint density at radius 1 is 0.279 bits per heavy atom. The zero-order valence-electron chi connectivity index (χ0n) is 55.3. The maximum Gasteiger partial charge on any atom is 0.472 e. The summed E-state index contributed by atoms with van der Waals surface area (Å²) in [4.78, 5) is 72.2. The summed E-state index contributed by atoms with van der Waals surface area (Å²) in [5, 5.41) is 10.5. The molecule has 19 heteroatoms. The van der Waals surface area contributed by atoms with Crippen LogP contribution < -0.4 is 0 Å². The highest BCUT2D eigenvalue weighted by molar-refractivity contribution is 7.47. The normalized spacial score (nSPS) is 14.1. The molecule has 0 radical (unpaired) electrons. The molecule has 510 valence electrons. The molecule has 0 aliphatic carbocycles. The van der Waals surface area contributed by atoms with Crippen LogP contribution >= 0.6 is 15.6 Å². The quantitative estimate of drug-likeness (QED) is 0.0222. The van der Waals surface area contributed by atoms with E-state index in [-0.39, 0.29) is 25.7 Å². The minimum absolute atomic E-state index is 0.105. The first-order valence-electron chi connectivity index (χ1n) is 35.3. The molecular weight excluding hydrogens is 1140 g/mol. The fourth-order valence-electron chi connectivity index (χ4n) is 10.2. The molecule has 2 unspecified atom stereocenters. The first kappa shape index (κ1) is 84.1. The summed E-state index contributed by atoms with van der Waals surface area (Å²) in [6, 6.07) is 0. The molecule has 0 aliphatic rings. The molecule has 0 aromatic carbocycles. The number of aliphatic hydroxyl groups is 1. The van der Waals surface area contributed by atoms with Crippen LogP contribution in [0.3, 0.4) is 0 Å². The molecule has 0 saturated carbocycles. The largest absolute Gasteiger partial charge is 0.472 e. The van der Waals surface area contributed by atoms with Gasteiger partial charge in [-0.25, -0.2) is 9.13 Å². The summed E-state index contributed by atoms with van der Waals surface area (Å²) >= 11 is 0. The Kier molecular flexibility index (Phi) is 60.5. The lowest BCUT2D eigenvalue weighted by molar-refractivity contribution is -0.161. The summed E-state index contributed by atoms with van der Waals surface area (Å²) in [5.41, 5.74) is 0. The van der Waals surface area contributed by atoms with Crippen molar-refractivity contribution < 1.29 is 80.2 Å². The monoisotopic (exact) mass is 1270 g/mol. The van der Waals surface area contributed by atoms with Crippen molar-refractivity contribution in [3.8, 4) is 0 Å². The number of hydrogen-bond donors (Lipinski definition) is 3. The van der Waals surface area contributed by atoms with Gasteiger partial charge in [0.2, 0.25) is 0 Å². The Morgan fingerprint density at radius 3 is 0.686 bits per heavy atom. The van der Waals surface area contributed by atoms with E-state index in [9.17, 15) is 43.2 Å². The van der Waals surface area contributed by atoms with Crippen LogP contribution in [0.15, 0.2) is 0 Å². The molecule has 0 aliphatic heterocycles. The standard InChI is InChI=1S/C67H130O17P2/c1-5-9-13-17-21-25-27-28-29-30-31-32-33-34-36-38-42-46-50-54-67(72)84-63(58-78-65(70)52-48-44-41-37-35-26-22-18-14-10-6-2)60-82-86(75,76)80-56-61(68)55-79-85(73,74)81-59-62(83-66(71)53-49-45-40-24-20-16-12-8-4)57-77-64(69)51-47-43-39-23-19-15-11-7-3/h61-63,68H,5-60H2,1-4H3,(H,73,74)(H,75,76)/t61-,62+,63+/m0/s1. The second kappa shape index (κ2) is 61.9. The van der Waals surface area contributed by atoms with Gasteiger partial charge in [0.05, 0.1) is 26.4 Å². The summed E-state index contributed by atoms with van der Waals surface area (Å²) in [6.45, 7) is 4.86. The van der Waals surface area contributed by atoms with Crippen LogP contribution in [0, 0.1) is 0 Å². The third-order valence-corrected chi connectivity index (χ3v) is 17.5. The maximum absolute atomic E-state index is 13.0. The minimum Gasteiger partial charge on any atom is -0.462 e. The van der Waals surface area contributed by atoms with Gasteiger partial charge in [-0.05, 0) is 25.7 Å². The predicted molar refractivity (Wildman–Crippen MR) is 345 cm³/mol. The number of esters is 4. The highest BCUT2D eigenvalue weighted by Gasteiger charge is 2.30. The number of carbonyl (C=O) groups excluding carboxylic acids is 4. The van der Waals surface area contributed by atoms with E-state index in [1.165, 1.54) is 167 Å². The van der Waals surface area contributed by atoms with Gasteiger partial charge in [0.1, 0.15) is 19.3 Å². The molecule has 0 fully saturated rings. The van der Waals surface area contributed by atoms with Gasteiger partial charge >= 0.3 is 39.5 Å². The second-order valence-electron chi connectivity index (χ2n) is 24.2. The van der Waals surface area contributed by atoms with Crippen molar-refractivity contribution in [3.05, 3.63) is 0 Å². The molecule has 0 amide bonds. The summed E-state index contributed by atoms with van der Waals surface area (Å²) in [7, 11) is -9.88. The number of ether oxygens (including phenoxy) is 4. The van der Waals surface area contributed by atoms with Crippen molar-refractivity contribution in [2.45, 2.75) is 367 Å². The Labute approximate surface area is 524 Å². The first-order chi connectivity index (χ1) is 41.7. The summed E-state index contributed by atoms with van der Waals surface area (Å²) in [6.07, 6.45) is 48.7. The SMILES string of the molecule is CCCCCCCCCCCCCCCCCCCCCC(=O)O[C@H](COC(=O)CCCCCCCCCCCCC)COP(=O)(O)OC[C@@H](O)COP(=O)(O)OC[C@@H](COC(=O)CCCCCCCCCC)OC(=O)CCCCCCCCCC. The third-order valence-electron chi connectivity index (χ3n) is 15.6. The molecule has 0 spiro atoms. The van der Waals surface area contributed by atoms with E-state index in [1.54, 1.807) is 0 Å². The molecule has 0 rings (SSSR count). The molecule has 0 bridgehead atoms. The number of aliphatic hydroxyl groups excluding tert-OH is 1. The van der Waals surface area contributed by atoms with Crippen molar-refractivity contribution in [1.82, 2.24) is 0 Å². The van der Waals surface area contributed by atoms with Gasteiger partial charge in [0.15, 0.2) is 12.2 Å². The minimum atomic E-state index is -4.95. The number of rotatable bonds is 68. The van der Waals surface area contributed by atoms with Crippen LogP contribution in [-0.2, 0) is 65.4 Å². The molecule has 5 atom stereocenters. The predicted octanol–water partition coefficient (Wildman–Crippen LogP) is 19.1. The van der Waals surface area contributed by atoms with Gasteiger partial charge in [0.25, 0.3) is 0 Å². The summed E-state index contributed by atoms with van der Waals surface area (Å²) < 4.78 is 68.0. The van der Waals surface area contributed by atoms with E-state index < -0.39 is 97.5 Å². The molecule has 0 heterocycles. The highest BCUT2D eigenvalue weighted by Crippen LogP contribution is 2.45. The zero-order chi connectivity index (χ0) is 63.3. The zero-order valence-corrected chi connectivity index (χ0v) is 57.1. The van der Waals surface area contributed by atoms with Gasteiger partial charge in [-0.2, -0.15) is 0 Å². The van der Waals surface area contributed by atoms with Crippen molar-refractivity contribution in [1.29, 1.82) is 0 Å². The molecule has 0 saturated heterocycles. The van der Waals surface area contributed by atoms with E-state index in [0.717, 1.165) is 103 Å². The number of unbranched alkanes of at least 4 members (excludes halogenated alkanes) is 42. The van der Waals surface area contributed by atoms with E-state index in [0.29, 0.717) is 25.7 Å². The lowest BCUT2D eigenvalue weighted by atomic mass is 10.0. The van der Waals surface area contributed by atoms with Crippen LogP contribution in [0.1, 0.15) is 349 Å². The molecule has 0 aromatic rings. The lowest BCUT2D eigenvalue weighted by Crippen LogP contribution is -2.30. The van der Waals surface area contributed by atoms with Gasteiger partial charge in [-0.15, -0.1) is 0 Å². The van der Waals surface area contributed by atoms with Crippen LogP contribution in [0.4, 0.5) is 0 Å².